The molecule has 2 heteroatoms. The van der Waals surface area contributed by atoms with Crippen molar-refractivity contribution in [3.63, 3.8) is 0 Å². The summed E-state index contributed by atoms with van der Waals surface area (Å²) in [6.07, 6.45) is 0. The first-order valence-electron chi connectivity index (χ1n) is 16.0. The second-order valence-electron chi connectivity index (χ2n) is 12.4. The SMILES string of the molecule is c1ccc2cc(-c3ccc4cc(-c5ccc(-c6nc7ccccc7c7cc8c(cc67)oc6ccccc68)cc5)ccc4c3)ccc2c1. The smallest absolute Gasteiger partial charge is 0.136 e. The molecule has 0 aliphatic heterocycles. The molecular formula is C45H27NO. The van der Waals surface area contributed by atoms with E-state index in [4.69, 9.17) is 9.40 Å². The van der Waals surface area contributed by atoms with Crippen molar-refractivity contribution in [1.82, 2.24) is 4.98 Å². The quantitative estimate of drug-likeness (QED) is 0.189. The van der Waals surface area contributed by atoms with Crippen LogP contribution in [0.5, 0.6) is 0 Å². The highest BCUT2D eigenvalue weighted by molar-refractivity contribution is 6.18. The van der Waals surface area contributed by atoms with E-state index in [0.29, 0.717) is 0 Å². The number of fused-ring (bicyclic) bond motifs is 8. The molecule has 8 aromatic carbocycles. The number of benzene rings is 8. The summed E-state index contributed by atoms with van der Waals surface area (Å²) in [5.74, 6) is 0. The van der Waals surface area contributed by atoms with Crippen LogP contribution in [-0.4, -0.2) is 4.98 Å². The van der Waals surface area contributed by atoms with Crippen molar-refractivity contribution in [1.29, 1.82) is 0 Å². The summed E-state index contributed by atoms with van der Waals surface area (Å²) < 4.78 is 6.30. The van der Waals surface area contributed by atoms with Gasteiger partial charge in [-0.05, 0) is 91.6 Å². The molecule has 0 radical (unpaired) electrons. The summed E-state index contributed by atoms with van der Waals surface area (Å²) in [5.41, 5.74) is 9.67. The summed E-state index contributed by atoms with van der Waals surface area (Å²) in [4.78, 5) is 5.19. The maximum absolute atomic E-state index is 6.30. The topological polar surface area (TPSA) is 26.0 Å². The molecule has 2 nitrogen and oxygen atoms in total. The lowest BCUT2D eigenvalue weighted by Crippen LogP contribution is -1.90. The van der Waals surface area contributed by atoms with E-state index < -0.39 is 0 Å². The molecular weight excluding hydrogens is 571 g/mol. The Kier molecular flexibility index (Phi) is 5.61. The fourth-order valence-corrected chi connectivity index (χ4v) is 7.18. The summed E-state index contributed by atoms with van der Waals surface area (Å²) in [7, 11) is 0. The first-order valence-corrected chi connectivity index (χ1v) is 16.0. The van der Waals surface area contributed by atoms with Crippen LogP contribution in [0.1, 0.15) is 0 Å². The van der Waals surface area contributed by atoms with Crippen LogP contribution in [0.25, 0.3) is 98.7 Å². The molecule has 0 bridgehead atoms. The van der Waals surface area contributed by atoms with Gasteiger partial charge in [0.2, 0.25) is 0 Å². The Morgan fingerprint density at radius 2 is 0.872 bits per heavy atom. The van der Waals surface area contributed by atoms with Crippen LogP contribution < -0.4 is 0 Å². The number of hydrogen-bond acceptors (Lipinski definition) is 2. The molecule has 47 heavy (non-hydrogen) atoms. The Balaban J connectivity index is 1.04. The van der Waals surface area contributed by atoms with Gasteiger partial charge in [0.15, 0.2) is 0 Å². The maximum Gasteiger partial charge on any atom is 0.136 e. The Labute approximate surface area is 271 Å². The fraction of sp³-hybridized carbons (Fsp3) is 0. The summed E-state index contributed by atoms with van der Waals surface area (Å²) in [6, 6.07) is 58.7. The number of furan rings is 1. The predicted molar refractivity (Wildman–Crippen MR) is 198 cm³/mol. The number of hydrogen-bond donors (Lipinski definition) is 0. The van der Waals surface area contributed by atoms with E-state index in [0.717, 1.165) is 49.5 Å². The zero-order valence-corrected chi connectivity index (χ0v) is 25.4. The Morgan fingerprint density at radius 1 is 0.319 bits per heavy atom. The molecule has 0 N–H and O–H groups in total. The van der Waals surface area contributed by atoms with Crippen LogP contribution in [0.15, 0.2) is 168 Å². The molecule has 0 amide bonds. The Bertz CT molecular complexity index is 2840. The van der Waals surface area contributed by atoms with Crippen molar-refractivity contribution < 1.29 is 4.42 Å². The van der Waals surface area contributed by atoms with Gasteiger partial charge in [0.05, 0.1) is 11.2 Å². The monoisotopic (exact) mass is 597 g/mol. The Morgan fingerprint density at radius 3 is 1.64 bits per heavy atom. The highest BCUT2D eigenvalue weighted by Gasteiger charge is 2.15. The molecule has 0 aliphatic carbocycles. The molecule has 0 fully saturated rings. The first kappa shape index (κ1) is 26.0. The van der Waals surface area contributed by atoms with Gasteiger partial charge in [0.1, 0.15) is 11.2 Å². The molecule has 0 unspecified atom stereocenters. The number of rotatable bonds is 3. The lowest BCUT2D eigenvalue weighted by molar-refractivity contribution is 0.669. The van der Waals surface area contributed by atoms with Crippen LogP contribution in [0.4, 0.5) is 0 Å². The average molecular weight is 598 g/mol. The molecule has 0 saturated carbocycles. The summed E-state index contributed by atoms with van der Waals surface area (Å²) >= 11 is 0. The molecule has 10 aromatic rings. The van der Waals surface area contributed by atoms with E-state index in [-0.39, 0.29) is 0 Å². The van der Waals surface area contributed by atoms with Gasteiger partial charge in [0.25, 0.3) is 0 Å². The van der Waals surface area contributed by atoms with Crippen molar-refractivity contribution in [3.05, 3.63) is 164 Å². The molecule has 0 atom stereocenters. The van der Waals surface area contributed by atoms with Gasteiger partial charge in [-0.25, -0.2) is 4.98 Å². The van der Waals surface area contributed by atoms with Crippen LogP contribution >= 0.6 is 0 Å². The van der Waals surface area contributed by atoms with Crippen molar-refractivity contribution in [2.75, 3.05) is 0 Å². The van der Waals surface area contributed by atoms with Gasteiger partial charge >= 0.3 is 0 Å². The van der Waals surface area contributed by atoms with Gasteiger partial charge in [-0.15, -0.1) is 0 Å². The van der Waals surface area contributed by atoms with E-state index in [1.807, 2.05) is 12.1 Å². The molecule has 218 valence electrons. The van der Waals surface area contributed by atoms with Crippen molar-refractivity contribution in [3.8, 4) is 33.5 Å². The maximum atomic E-state index is 6.30. The zero-order chi connectivity index (χ0) is 30.9. The van der Waals surface area contributed by atoms with Crippen molar-refractivity contribution in [2.45, 2.75) is 0 Å². The third-order valence-electron chi connectivity index (χ3n) is 9.61. The van der Waals surface area contributed by atoms with E-state index in [9.17, 15) is 0 Å². The van der Waals surface area contributed by atoms with E-state index in [1.54, 1.807) is 0 Å². The normalized spacial score (nSPS) is 11.8. The van der Waals surface area contributed by atoms with E-state index >= 15 is 0 Å². The van der Waals surface area contributed by atoms with E-state index in [2.05, 4.69) is 152 Å². The van der Waals surface area contributed by atoms with Gasteiger partial charge < -0.3 is 4.42 Å². The molecule has 0 saturated heterocycles. The summed E-state index contributed by atoms with van der Waals surface area (Å²) in [5, 5.41) is 10.7. The zero-order valence-electron chi connectivity index (χ0n) is 25.4. The standard InChI is InChI=1S/C45H27NO/c1-2-8-31-23-33(18-15-28(31)7-1)36-22-21-34-24-32(19-20-35(34)25-36)29-13-16-30(17-14-29)45-41-27-44-40(38-10-4-6-12-43(38)47-44)26-39(41)37-9-3-5-11-42(37)46-45/h1-27H. The molecule has 0 aliphatic rings. The fourth-order valence-electron chi connectivity index (χ4n) is 7.18. The largest absolute Gasteiger partial charge is 0.456 e. The predicted octanol–water partition coefficient (Wildman–Crippen LogP) is 12.6. The van der Waals surface area contributed by atoms with Gasteiger partial charge in [0, 0.05) is 27.1 Å². The minimum absolute atomic E-state index is 0.883. The van der Waals surface area contributed by atoms with Crippen molar-refractivity contribution in [2.24, 2.45) is 0 Å². The van der Waals surface area contributed by atoms with Crippen molar-refractivity contribution >= 4 is 65.2 Å². The van der Waals surface area contributed by atoms with Crippen LogP contribution in [0.2, 0.25) is 0 Å². The molecule has 0 spiro atoms. The van der Waals surface area contributed by atoms with Gasteiger partial charge in [-0.3, -0.25) is 0 Å². The van der Waals surface area contributed by atoms with Crippen LogP contribution in [-0.2, 0) is 0 Å². The number of para-hydroxylation sites is 2. The minimum Gasteiger partial charge on any atom is -0.456 e. The third kappa shape index (κ3) is 4.23. The Hall–Kier alpha value is -6.25. The number of pyridine rings is 1. The van der Waals surface area contributed by atoms with Crippen LogP contribution in [0.3, 0.4) is 0 Å². The lowest BCUT2D eigenvalue weighted by Gasteiger charge is -2.12. The van der Waals surface area contributed by atoms with E-state index in [1.165, 1.54) is 49.2 Å². The molecule has 2 heterocycles. The van der Waals surface area contributed by atoms with Gasteiger partial charge in [-0.2, -0.15) is 0 Å². The highest BCUT2D eigenvalue weighted by Crippen LogP contribution is 2.39. The second kappa shape index (κ2) is 10.1. The number of nitrogens with zero attached hydrogens (tertiary/aromatic N) is 1. The average Bonchev–Trinajstić information content (AvgIpc) is 3.51. The third-order valence-corrected chi connectivity index (χ3v) is 9.61. The number of aromatic nitrogens is 1. The molecule has 10 rings (SSSR count). The second-order valence-corrected chi connectivity index (χ2v) is 12.4. The van der Waals surface area contributed by atoms with Gasteiger partial charge in [-0.1, -0.05) is 121 Å². The molecule has 2 aromatic heterocycles. The lowest BCUT2D eigenvalue weighted by atomic mass is 9.95. The first-order chi connectivity index (χ1) is 23.2. The minimum atomic E-state index is 0.883. The highest BCUT2D eigenvalue weighted by atomic mass is 16.3. The van der Waals surface area contributed by atoms with Crippen LogP contribution in [0, 0.1) is 0 Å². The summed E-state index contributed by atoms with van der Waals surface area (Å²) in [6.45, 7) is 0.